The first-order valence-corrected chi connectivity index (χ1v) is 4.77. The molecular weight excluding hydrogens is 180 g/mol. The zero-order valence-electron chi connectivity index (χ0n) is 7.82. The third-order valence-corrected chi connectivity index (χ3v) is 2.55. The standard InChI is InChI=1S/C10H12N2O2/c1-2-5-11-8-6-9(13)12(10(8)14)7-3-4-7/h1,7-8,11H,3-6H2. The molecule has 74 valence electrons. The van der Waals surface area contributed by atoms with Gasteiger partial charge in [0.15, 0.2) is 0 Å². The molecule has 2 rings (SSSR count). The number of carbonyl (C=O) groups excluding carboxylic acids is 2. The molecule has 14 heavy (non-hydrogen) atoms. The molecule has 1 saturated carbocycles. The molecule has 1 aliphatic carbocycles. The minimum atomic E-state index is -0.390. The molecule has 1 saturated heterocycles. The van der Waals surface area contributed by atoms with Crippen molar-refractivity contribution in [1.29, 1.82) is 0 Å². The maximum absolute atomic E-state index is 11.7. The van der Waals surface area contributed by atoms with E-state index in [0.717, 1.165) is 12.8 Å². The van der Waals surface area contributed by atoms with Crippen LogP contribution in [0.2, 0.25) is 0 Å². The van der Waals surface area contributed by atoms with Crippen LogP contribution >= 0.6 is 0 Å². The number of nitrogens with one attached hydrogen (secondary N) is 1. The lowest BCUT2D eigenvalue weighted by molar-refractivity contribution is -0.139. The smallest absolute Gasteiger partial charge is 0.247 e. The average molecular weight is 192 g/mol. The molecule has 0 aromatic rings. The van der Waals surface area contributed by atoms with Gasteiger partial charge in [0.2, 0.25) is 11.8 Å². The fourth-order valence-corrected chi connectivity index (χ4v) is 1.71. The molecule has 0 aromatic heterocycles. The van der Waals surface area contributed by atoms with Gasteiger partial charge in [0.05, 0.1) is 19.0 Å². The number of nitrogens with zero attached hydrogens (tertiary/aromatic N) is 1. The summed E-state index contributed by atoms with van der Waals surface area (Å²) >= 11 is 0. The van der Waals surface area contributed by atoms with Crippen molar-refractivity contribution in [2.24, 2.45) is 0 Å². The second-order valence-electron chi connectivity index (χ2n) is 3.67. The van der Waals surface area contributed by atoms with E-state index in [1.165, 1.54) is 4.90 Å². The van der Waals surface area contributed by atoms with E-state index in [1.54, 1.807) is 0 Å². The van der Waals surface area contributed by atoms with Gasteiger partial charge in [-0.3, -0.25) is 19.8 Å². The van der Waals surface area contributed by atoms with Crippen molar-refractivity contribution < 1.29 is 9.59 Å². The van der Waals surface area contributed by atoms with E-state index in [-0.39, 0.29) is 30.3 Å². The number of hydrogen-bond donors (Lipinski definition) is 1. The lowest BCUT2D eigenvalue weighted by Crippen LogP contribution is -2.39. The van der Waals surface area contributed by atoms with Crippen LogP contribution in [0.5, 0.6) is 0 Å². The summed E-state index contributed by atoms with van der Waals surface area (Å²) in [6.45, 7) is 0.336. The van der Waals surface area contributed by atoms with Crippen molar-refractivity contribution in [2.75, 3.05) is 6.54 Å². The van der Waals surface area contributed by atoms with Crippen LogP contribution < -0.4 is 5.32 Å². The van der Waals surface area contributed by atoms with Crippen LogP contribution in [0.4, 0.5) is 0 Å². The second kappa shape index (κ2) is 3.43. The van der Waals surface area contributed by atoms with Crippen LogP contribution in [-0.2, 0) is 9.59 Å². The first-order valence-electron chi connectivity index (χ1n) is 4.77. The molecule has 2 fully saturated rings. The predicted octanol–water partition coefficient (Wildman–Crippen LogP) is -0.501. The normalized spacial score (nSPS) is 26.8. The zero-order chi connectivity index (χ0) is 10.1. The Balaban J connectivity index is 2.00. The lowest BCUT2D eigenvalue weighted by atomic mass is 10.2. The van der Waals surface area contributed by atoms with Crippen LogP contribution in [0.25, 0.3) is 0 Å². The van der Waals surface area contributed by atoms with Gasteiger partial charge in [-0.05, 0) is 12.8 Å². The molecule has 0 spiro atoms. The van der Waals surface area contributed by atoms with Crippen molar-refractivity contribution in [3.05, 3.63) is 0 Å². The number of hydrogen-bond acceptors (Lipinski definition) is 3. The van der Waals surface area contributed by atoms with Gasteiger partial charge in [0.1, 0.15) is 0 Å². The summed E-state index contributed by atoms with van der Waals surface area (Å²) in [5.41, 5.74) is 0. The largest absolute Gasteiger partial charge is 0.295 e. The molecule has 1 unspecified atom stereocenters. The SMILES string of the molecule is C#CCNC1CC(=O)N(C2CC2)C1=O. The molecule has 1 N–H and O–H groups in total. The fourth-order valence-electron chi connectivity index (χ4n) is 1.71. The van der Waals surface area contributed by atoms with Crippen molar-refractivity contribution in [3.63, 3.8) is 0 Å². The van der Waals surface area contributed by atoms with Crippen molar-refractivity contribution >= 4 is 11.8 Å². The Morgan fingerprint density at radius 1 is 1.50 bits per heavy atom. The molecule has 4 heteroatoms. The number of terminal acetylenes is 1. The molecule has 2 amide bonds. The summed E-state index contributed by atoms with van der Waals surface area (Å²) in [4.78, 5) is 24.5. The zero-order valence-corrected chi connectivity index (χ0v) is 7.82. The van der Waals surface area contributed by atoms with E-state index in [0.29, 0.717) is 6.54 Å². The molecule has 0 radical (unpaired) electrons. The lowest BCUT2D eigenvalue weighted by Gasteiger charge is -2.13. The van der Waals surface area contributed by atoms with Crippen molar-refractivity contribution in [3.8, 4) is 12.3 Å². The van der Waals surface area contributed by atoms with Gasteiger partial charge in [0.25, 0.3) is 0 Å². The van der Waals surface area contributed by atoms with E-state index in [1.807, 2.05) is 0 Å². The highest BCUT2D eigenvalue weighted by Crippen LogP contribution is 2.31. The monoisotopic (exact) mass is 192 g/mol. The number of carbonyl (C=O) groups is 2. The van der Waals surface area contributed by atoms with Crippen LogP contribution in [-0.4, -0.2) is 35.3 Å². The first kappa shape index (κ1) is 9.22. The molecule has 0 aromatic carbocycles. The number of rotatable bonds is 3. The highest BCUT2D eigenvalue weighted by molar-refractivity contribution is 6.06. The minimum absolute atomic E-state index is 0.0629. The molecule has 2 aliphatic rings. The Morgan fingerprint density at radius 3 is 2.79 bits per heavy atom. The van der Waals surface area contributed by atoms with Gasteiger partial charge in [-0.2, -0.15) is 0 Å². The molecule has 1 aliphatic heterocycles. The van der Waals surface area contributed by atoms with Gasteiger partial charge in [0, 0.05) is 6.04 Å². The van der Waals surface area contributed by atoms with Crippen LogP contribution in [0.3, 0.4) is 0 Å². The maximum Gasteiger partial charge on any atom is 0.247 e. The third kappa shape index (κ3) is 1.51. The van der Waals surface area contributed by atoms with Crippen LogP contribution in [0.15, 0.2) is 0 Å². The Morgan fingerprint density at radius 2 is 2.21 bits per heavy atom. The van der Waals surface area contributed by atoms with E-state index >= 15 is 0 Å². The second-order valence-corrected chi connectivity index (χ2v) is 3.67. The highest BCUT2D eigenvalue weighted by atomic mass is 16.2. The number of amides is 2. The van der Waals surface area contributed by atoms with E-state index in [4.69, 9.17) is 6.42 Å². The molecule has 4 nitrogen and oxygen atoms in total. The van der Waals surface area contributed by atoms with E-state index in [9.17, 15) is 9.59 Å². The Bertz CT molecular complexity index is 315. The maximum atomic E-state index is 11.7. The highest BCUT2D eigenvalue weighted by Gasteiger charge is 2.45. The summed E-state index contributed by atoms with van der Waals surface area (Å²) in [5.74, 6) is 2.23. The summed E-state index contributed by atoms with van der Waals surface area (Å²) in [5, 5.41) is 2.88. The number of likely N-dealkylation sites (tertiary alicyclic amines) is 1. The van der Waals surface area contributed by atoms with Gasteiger partial charge >= 0.3 is 0 Å². The molecule has 0 bridgehead atoms. The van der Waals surface area contributed by atoms with E-state index < -0.39 is 0 Å². The summed E-state index contributed by atoms with van der Waals surface area (Å²) in [6, 6.07) is -0.216. The van der Waals surface area contributed by atoms with Gasteiger partial charge in [-0.1, -0.05) is 5.92 Å². The van der Waals surface area contributed by atoms with Crippen molar-refractivity contribution in [2.45, 2.75) is 31.3 Å². The first-order chi connectivity index (χ1) is 6.74. The predicted molar refractivity (Wildman–Crippen MR) is 50.1 cm³/mol. The summed E-state index contributed by atoms with van der Waals surface area (Å²) in [6.07, 6.45) is 7.25. The van der Waals surface area contributed by atoms with Crippen LogP contribution in [0.1, 0.15) is 19.3 Å². The topological polar surface area (TPSA) is 49.4 Å². The molecular formula is C10H12N2O2. The van der Waals surface area contributed by atoms with Gasteiger partial charge < -0.3 is 0 Å². The number of imide groups is 1. The Hall–Kier alpha value is -1.34. The summed E-state index contributed by atoms with van der Waals surface area (Å²) in [7, 11) is 0. The molecule has 1 heterocycles. The van der Waals surface area contributed by atoms with E-state index in [2.05, 4.69) is 11.2 Å². The van der Waals surface area contributed by atoms with Crippen molar-refractivity contribution in [1.82, 2.24) is 10.2 Å². The minimum Gasteiger partial charge on any atom is -0.295 e. The van der Waals surface area contributed by atoms with Crippen LogP contribution in [0, 0.1) is 12.3 Å². The quantitative estimate of drug-likeness (QED) is 0.484. The van der Waals surface area contributed by atoms with Gasteiger partial charge in [-0.25, -0.2) is 0 Å². The average Bonchev–Trinajstić information content (AvgIpc) is 2.92. The fraction of sp³-hybridized carbons (Fsp3) is 0.600. The third-order valence-electron chi connectivity index (χ3n) is 2.55. The molecule has 1 atom stereocenters. The summed E-state index contributed by atoms with van der Waals surface area (Å²) < 4.78 is 0. The van der Waals surface area contributed by atoms with Gasteiger partial charge in [-0.15, -0.1) is 6.42 Å². The Kier molecular flexibility index (Phi) is 2.26. The Labute approximate surface area is 82.6 Å².